The van der Waals surface area contributed by atoms with Crippen molar-refractivity contribution in [1.29, 1.82) is 0 Å². The fourth-order valence-electron chi connectivity index (χ4n) is 1.44. The third kappa shape index (κ3) is 2.54. The molecule has 5 heteroatoms. The Morgan fingerprint density at radius 3 is 2.88 bits per heavy atom. The highest BCUT2D eigenvalue weighted by molar-refractivity contribution is 9.10. The zero-order valence-corrected chi connectivity index (χ0v) is 10.9. The monoisotopic (exact) mass is 298 g/mol. The van der Waals surface area contributed by atoms with E-state index in [1.165, 1.54) is 5.56 Å². The van der Waals surface area contributed by atoms with Gasteiger partial charge >= 0.3 is 0 Å². The summed E-state index contributed by atoms with van der Waals surface area (Å²) in [6, 6.07) is 2.10. The molecule has 0 aliphatic heterocycles. The number of anilines is 1. The van der Waals surface area contributed by atoms with E-state index in [0.29, 0.717) is 4.47 Å². The van der Waals surface area contributed by atoms with Crippen LogP contribution in [0, 0.1) is 0 Å². The first-order valence-electron chi connectivity index (χ1n) is 4.83. The summed E-state index contributed by atoms with van der Waals surface area (Å²) in [4.78, 5) is 11.4. The van der Waals surface area contributed by atoms with Crippen LogP contribution in [0.4, 0.5) is 5.69 Å². The number of nitrogens with two attached hydrogens (primary N) is 1. The quantitative estimate of drug-likeness (QED) is 0.946. The Hall–Kier alpha value is -1.07. The molecule has 0 aliphatic carbocycles. The minimum Gasteiger partial charge on any atom is -0.394 e. The van der Waals surface area contributed by atoms with Crippen LogP contribution in [0.15, 0.2) is 38.5 Å². The summed E-state index contributed by atoms with van der Waals surface area (Å²) in [7, 11) is 0. The van der Waals surface area contributed by atoms with Crippen molar-refractivity contribution in [3.05, 3.63) is 49.5 Å². The molecule has 2 rings (SSSR count). The predicted octanol–water partition coefficient (Wildman–Crippen LogP) is 2.50. The van der Waals surface area contributed by atoms with E-state index in [1.54, 1.807) is 23.7 Å². The number of thiophene rings is 1. The molecule has 0 radical (unpaired) electrons. The fourth-order valence-corrected chi connectivity index (χ4v) is 2.63. The van der Waals surface area contributed by atoms with Crippen molar-refractivity contribution >= 4 is 33.0 Å². The van der Waals surface area contributed by atoms with Gasteiger partial charge in [0.25, 0.3) is 0 Å². The first-order valence-corrected chi connectivity index (χ1v) is 6.56. The van der Waals surface area contributed by atoms with Gasteiger partial charge in [0.1, 0.15) is 0 Å². The molecule has 0 saturated carbocycles. The van der Waals surface area contributed by atoms with Crippen LogP contribution in [-0.4, -0.2) is 4.57 Å². The van der Waals surface area contributed by atoms with Crippen molar-refractivity contribution in [3.63, 3.8) is 0 Å². The van der Waals surface area contributed by atoms with Crippen LogP contribution < -0.4 is 11.2 Å². The smallest absolute Gasteiger partial charge is 0.218 e. The first kappa shape index (κ1) is 11.4. The molecule has 3 nitrogen and oxygen atoms in total. The molecule has 0 aliphatic rings. The average molecular weight is 299 g/mol. The second-order valence-corrected chi connectivity index (χ2v) is 5.14. The van der Waals surface area contributed by atoms with Crippen molar-refractivity contribution in [1.82, 2.24) is 4.57 Å². The van der Waals surface area contributed by atoms with E-state index in [4.69, 9.17) is 5.73 Å². The van der Waals surface area contributed by atoms with E-state index in [2.05, 4.69) is 32.8 Å². The number of halogens is 1. The van der Waals surface area contributed by atoms with E-state index < -0.39 is 0 Å². The molecule has 0 bridgehead atoms. The van der Waals surface area contributed by atoms with Crippen molar-refractivity contribution in [2.24, 2.45) is 0 Å². The lowest BCUT2D eigenvalue weighted by atomic mass is 10.2. The summed E-state index contributed by atoms with van der Waals surface area (Å²) in [5.41, 5.74) is 7.04. The van der Waals surface area contributed by atoms with Gasteiger partial charge in [0.2, 0.25) is 5.43 Å². The average Bonchev–Trinajstić information content (AvgIpc) is 2.75. The number of aryl methyl sites for hydroxylation is 2. The van der Waals surface area contributed by atoms with E-state index in [-0.39, 0.29) is 11.1 Å². The molecule has 0 spiro atoms. The molecule has 0 unspecified atom stereocenters. The highest BCUT2D eigenvalue weighted by Crippen LogP contribution is 2.10. The van der Waals surface area contributed by atoms with E-state index in [1.807, 2.05) is 4.57 Å². The molecule has 2 N–H and O–H groups in total. The Labute approximate surface area is 106 Å². The Balaban J connectivity index is 2.13. The van der Waals surface area contributed by atoms with Crippen LogP contribution in [0.3, 0.4) is 0 Å². The standard InChI is InChI=1S/C11H11BrN2OS/c12-9-5-14(6-10(13)11(9)15)3-1-8-2-4-16-7-8/h2,4-7H,1,3,13H2. The molecule has 0 amide bonds. The Morgan fingerprint density at radius 2 is 2.25 bits per heavy atom. The number of hydrogen-bond acceptors (Lipinski definition) is 3. The van der Waals surface area contributed by atoms with Crippen molar-refractivity contribution < 1.29 is 0 Å². The lowest BCUT2D eigenvalue weighted by molar-refractivity contribution is 0.691. The molecule has 16 heavy (non-hydrogen) atoms. The number of pyridine rings is 1. The largest absolute Gasteiger partial charge is 0.394 e. The minimum absolute atomic E-state index is 0.146. The number of nitrogens with zero attached hydrogens (tertiary/aromatic N) is 1. The maximum absolute atomic E-state index is 11.4. The molecule has 0 saturated heterocycles. The van der Waals surface area contributed by atoms with Crippen LogP contribution in [-0.2, 0) is 13.0 Å². The van der Waals surface area contributed by atoms with Crippen LogP contribution >= 0.6 is 27.3 Å². The Bertz CT molecular complexity index is 507. The van der Waals surface area contributed by atoms with Gasteiger partial charge in [-0.1, -0.05) is 0 Å². The van der Waals surface area contributed by atoms with Crippen LogP contribution in [0.1, 0.15) is 5.56 Å². The van der Waals surface area contributed by atoms with Crippen LogP contribution in [0.2, 0.25) is 0 Å². The van der Waals surface area contributed by atoms with Crippen molar-refractivity contribution in [3.8, 4) is 0 Å². The minimum atomic E-state index is -0.146. The van der Waals surface area contributed by atoms with E-state index >= 15 is 0 Å². The van der Waals surface area contributed by atoms with Gasteiger partial charge in [0, 0.05) is 18.9 Å². The summed E-state index contributed by atoms with van der Waals surface area (Å²) in [5.74, 6) is 0. The molecule has 0 atom stereocenters. The predicted molar refractivity (Wildman–Crippen MR) is 70.8 cm³/mol. The van der Waals surface area contributed by atoms with Crippen molar-refractivity contribution in [2.45, 2.75) is 13.0 Å². The SMILES string of the molecule is Nc1cn(CCc2ccsc2)cc(Br)c1=O. The van der Waals surface area contributed by atoms with Gasteiger partial charge in [-0.25, -0.2) is 0 Å². The van der Waals surface area contributed by atoms with Gasteiger partial charge in [0.05, 0.1) is 10.2 Å². The second kappa shape index (κ2) is 4.84. The van der Waals surface area contributed by atoms with E-state index in [9.17, 15) is 4.79 Å². The first-order chi connectivity index (χ1) is 7.66. The molecule has 84 valence electrons. The Kier molecular flexibility index (Phi) is 3.46. The fraction of sp³-hybridized carbons (Fsp3) is 0.182. The molecular weight excluding hydrogens is 288 g/mol. The summed E-state index contributed by atoms with van der Waals surface area (Å²) >= 11 is 4.89. The van der Waals surface area contributed by atoms with Gasteiger partial charge < -0.3 is 10.3 Å². The third-order valence-electron chi connectivity index (χ3n) is 2.30. The zero-order chi connectivity index (χ0) is 11.5. The maximum Gasteiger partial charge on any atom is 0.218 e. The van der Waals surface area contributed by atoms with Gasteiger partial charge in [-0.05, 0) is 44.7 Å². The van der Waals surface area contributed by atoms with Crippen molar-refractivity contribution in [2.75, 3.05) is 5.73 Å². The number of aromatic nitrogens is 1. The van der Waals surface area contributed by atoms with Gasteiger partial charge in [-0.2, -0.15) is 11.3 Å². The highest BCUT2D eigenvalue weighted by Gasteiger charge is 2.02. The summed E-state index contributed by atoms with van der Waals surface area (Å²) in [6.07, 6.45) is 4.39. The number of rotatable bonds is 3. The summed E-state index contributed by atoms with van der Waals surface area (Å²) in [6.45, 7) is 0.819. The molecular formula is C11H11BrN2OS. The third-order valence-corrected chi connectivity index (χ3v) is 3.60. The second-order valence-electron chi connectivity index (χ2n) is 3.51. The van der Waals surface area contributed by atoms with E-state index in [0.717, 1.165) is 13.0 Å². The lowest BCUT2D eigenvalue weighted by Gasteiger charge is -2.07. The van der Waals surface area contributed by atoms with Crippen LogP contribution in [0.5, 0.6) is 0 Å². The number of nitrogen functional groups attached to an aromatic ring is 1. The molecule has 2 heterocycles. The molecule has 2 aromatic heterocycles. The highest BCUT2D eigenvalue weighted by atomic mass is 79.9. The zero-order valence-electron chi connectivity index (χ0n) is 8.52. The Morgan fingerprint density at radius 1 is 1.44 bits per heavy atom. The van der Waals surface area contributed by atoms with Crippen LogP contribution in [0.25, 0.3) is 0 Å². The number of hydrogen-bond donors (Lipinski definition) is 1. The van der Waals surface area contributed by atoms with Gasteiger partial charge in [0.15, 0.2) is 0 Å². The summed E-state index contributed by atoms with van der Waals surface area (Å²) in [5, 5.41) is 4.19. The molecule has 0 aromatic carbocycles. The topological polar surface area (TPSA) is 48.0 Å². The summed E-state index contributed by atoms with van der Waals surface area (Å²) < 4.78 is 2.44. The lowest BCUT2D eigenvalue weighted by Crippen LogP contribution is -2.13. The van der Waals surface area contributed by atoms with Gasteiger partial charge in [-0.15, -0.1) is 0 Å². The normalized spacial score (nSPS) is 10.6. The molecule has 0 fully saturated rings. The maximum atomic E-state index is 11.4. The van der Waals surface area contributed by atoms with Gasteiger partial charge in [-0.3, -0.25) is 4.79 Å². The molecule has 2 aromatic rings.